The molecule has 24 heavy (non-hydrogen) atoms. The van der Waals surface area contributed by atoms with Crippen LogP contribution < -0.4 is 5.32 Å². The minimum absolute atomic E-state index is 0.00508. The maximum atomic E-state index is 12.5. The summed E-state index contributed by atoms with van der Waals surface area (Å²) >= 11 is 0. The molecule has 0 unspecified atom stereocenters. The predicted molar refractivity (Wildman–Crippen MR) is 88.0 cm³/mol. The summed E-state index contributed by atoms with van der Waals surface area (Å²) < 4.78 is 4.59. The Labute approximate surface area is 140 Å². The van der Waals surface area contributed by atoms with Crippen molar-refractivity contribution in [3.63, 3.8) is 0 Å². The van der Waals surface area contributed by atoms with Gasteiger partial charge in [0.05, 0.1) is 17.6 Å². The zero-order valence-corrected chi connectivity index (χ0v) is 13.7. The number of nitro benzene ring substituents is 1. The van der Waals surface area contributed by atoms with Crippen molar-refractivity contribution < 1.29 is 19.2 Å². The fraction of sp³-hybridized carbons (Fsp3) is 0.529. The van der Waals surface area contributed by atoms with Crippen LogP contribution in [0, 0.1) is 10.1 Å². The van der Waals surface area contributed by atoms with Crippen molar-refractivity contribution in [3.8, 4) is 0 Å². The first-order valence-corrected chi connectivity index (χ1v) is 8.20. The van der Waals surface area contributed by atoms with Gasteiger partial charge in [0.15, 0.2) is 0 Å². The molecule has 1 saturated carbocycles. The number of benzene rings is 1. The zero-order chi connectivity index (χ0) is 17.5. The van der Waals surface area contributed by atoms with Gasteiger partial charge in [-0.25, -0.2) is 4.79 Å². The van der Waals surface area contributed by atoms with E-state index >= 15 is 0 Å². The summed E-state index contributed by atoms with van der Waals surface area (Å²) in [6.07, 6.45) is 7.50. The fourth-order valence-corrected chi connectivity index (χ4v) is 2.95. The van der Waals surface area contributed by atoms with Gasteiger partial charge in [0.1, 0.15) is 0 Å². The van der Waals surface area contributed by atoms with Gasteiger partial charge < -0.3 is 10.1 Å². The van der Waals surface area contributed by atoms with Gasteiger partial charge in [0, 0.05) is 23.7 Å². The largest absolute Gasteiger partial charge is 0.465 e. The van der Waals surface area contributed by atoms with E-state index in [1.807, 2.05) is 0 Å². The van der Waals surface area contributed by atoms with Crippen molar-refractivity contribution in [3.05, 3.63) is 39.4 Å². The second-order valence-electron chi connectivity index (χ2n) is 6.03. The van der Waals surface area contributed by atoms with Crippen LogP contribution in [0.3, 0.4) is 0 Å². The number of ether oxygens (including phenoxy) is 1. The first kappa shape index (κ1) is 17.9. The number of hydrogen-bond acceptors (Lipinski definition) is 5. The molecule has 7 heteroatoms. The maximum absolute atomic E-state index is 12.5. The number of nitrogens with one attached hydrogen (secondary N) is 1. The number of esters is 1. The smallest absolute Gasteiger partial charge is 0.338 e. The molecule has 1 fully saturated rings. The number of methoxy groups -OCH3 is 1. The molecule has 0 heterocycles. The van der Waals surface area contributed by atoms with Gasteiger partial charge in [0.2, 0.25) is 0 Å². The van der Waals surface area contributed by atoms with Crippen molar-refractivity contribution in [2.75, 3.05) is 7.11 Å². The topological polar surface area (TPSA) is 98.5 Å². The summed E-state index contributed by atoms with van der Waals surface area (Å²) in [5.41, 5.74) is -0.207. The fourth-order valence-electron chi connectivity index (χ4n) is 2.95. The molecular weight excluding hydrogens is 312 g/mol. The number of amides is 1. The van der Waals surface area contributed by atoms with Crippen molar-refractivity contribution in [2.24, 2.45) is 0 Å². The monoisotopic (exact) mass is 334 g/mol. The molecule has 7 nitrogen and oxygen atoms in total. The third-order valence-corrected chi connectivity index (χ3v) is 4.25. The lowest BCUT2D eigenvalue weighted by atomic mass is 9.96. The van der Waals surface area contributed by atoms with Crippen LogP contribution in [0.2, 0.25) is 0 Å². The second-order valence-corrected chi connectivity index (χ2v) is 6.03. The van der Waals surface area contributed by atoms with Crippen LogP contribution in [0.1, 0.15) is 65.7 Å². The Bertz CT molecular complexity index is 621. The van der Waals surface area contributed by atoms with E-state index in [1.54, 1.807) is 0 Å². The van der Waals surface area contributed by atoms with Crippen LogP contribution in [0.4, 0.5) is 5.69 Å². The Morgan fingerprint density at radius 1 is 1.08 bits per heavy atom. The molecule has 1 aromatic rings. The van der Waals surface area contributed by atoms with Crippen LogP contribution in [0.25, 0.3) is 0 Å². The van der Waals surface area contributed by atoms with Gasteiger partial charge in [-0.05, 0) is 18.9 Å². The van der Waals surface area contributed by atoms with Crippen LogP contribution in [0.5, 0.6) is 0 Å². The number of non-ortho nitro benzene ring substituents is 1. The maximum Gasteiger partial charge on any atom is 0.338 e. The number of nitrogens with zero attached hydrogens (tertiary/aromatic N) is 1. The Balaban J connectivity index is 2.19. The number of carbonyl (C=O) groups is 2. The van der Waals surface area contributed by atoms with Gasteiger partial charge in [-0.1, -0.05) is 32.1 Å². The average molecular weight is 334 g/mol. The Kier molecular flexibility index (Phi) is 6.28. The second kappa shape index (κ2) is 8.42. The van der Waals surface area contributed by atoms with Crippen molar-refractivity contribution in [2.45, 2.75) is 51.0 Å². The minimum Gasteiger partial charge on any atom is -0.465 e. The van der Waals surface area contributed by atoms with E-state index in [4.69, 9.17) is 0 Å². The van der Waals surface area contributed by atoms with Gasteiger partial charge in [-0.2, -0.15) is 0 Å². The quantitative estimate of drug-likeness (QED) is 0.518. The normalized spacial score (nSPS) is 15.9. The van der Waals surface area contributed by atoms with E-state index in [1.165, 1.54) is 25.7 Å². The highest BCUT2D eigenvalue weighted by Gasteiger charge is 2.20. The summed E-state index contributed by atoms with van der Waals surface area (Å²) in [7, 11) is 1.19. The molecule has 130 valence electrons. The summed E-state index contributed by atoms with van der Waals surface area (Å²) in [5, 5.41) is 14.0. The molecule has 0 atom stereocenters. The highest BCUT2D eigenvalue weighted by atomic mass is 16.6. The first-order chi connectivity index (χ1) is 11.5. The third-order valence-electron chi connectivity index (χ3n) is 4.25. The van der Waals surface area contributed by atoms with Crippen LogP contribution in [0.15, 0.2) is 18.2 Å². The molecule has 2 rings (SSSR count). The minimum atomic E-state index is -0.710. The average Bonchev–Trinajstić information content (AvgIpc) is 2.55. The third kappa shape index (κ3) is 4.78. The Morgan fingerprint density at radius 2 is 1.67 bits per heavy atom. The zero-order valence-electron chi connectivity index (χ0n) is 13.7. The lowest BCUT2D eigenvalue weighted by Gasteiger charge is -2.21. The molecule has 0 aliphatic heterocycles. The molecule has 0 radical (unpaired) electrons. The summed E-state index contributed by atoms with van der Waals surface area (Å²) in [5.74, 6) is -1.10. The number of rotatable bonds is 4. The van der Waals surface area contributed by atoms with E-state index < -0.39 is 16.8 Å². The lowest BCUT2D eigenvalue weighted by molar-refractivity contribution is -0.384. The van der Waals surface area contributed by atoms with Crippen molar-refractivity contribution in [1.82, 2.24) is 5.32 Å². The highest BCUT2D eigenvalue weighted by Crippen LogP contribution is 2.20. The van der Waals surface area contributed by atoms with Gasteiger partial charge in [0.25, 0.3) is 11.6 Å². The van der Waals surface area contributed by atoms with Crippen LogP contribution in [-0.2, 0) is 4.74 Å². The van der Waals surface area contributed by atoms with E-state index in [0.717, 1.165) is 44.6 Å². The molecule has 0 saturated heterocycles. The molecule has 1 amide bonds. The van der Waals surface area contributed by atoms with Gasteiger partial charge >= 0.3 is 5.97 Å². The van der Waals surface area contributed by atoms with E-state index in [0.29, 0.717) is 0 Å². The van der Waals surface area contributed by atoms with E-state index in [9.17, 15) is 19.7 Å². The predicted octanol–water partition coefficient (Wildman–Crippen LogP) is 3.22. The molecule has 1 aliphatic carbocycles. The Morgan fingerprint density at radius 3 is 2.25 bits per heavy atom. The Hall–Kier alpha value is -2.44. The molecular formula is C17H22N2O5. The molecule has 0 bridgehead atoms. The summed E-state index contributed by atoms with van der Waals surface area (Å²) in [4.78, 5) is 34.5. The van der Waals surface area contributed by atoms with Gasteiger partial charge in [-0.3, -0.25) is 14.9 Å². The summed E-state index contributed by atoms with van der Waals surface area (Å²) in [6.45, 7) is 0. The summed E-state index contributed by atoms with van der Waals surface area (Å²) in [6, 6.07) is 3.69. The standard InChI is InChI=1S/C17H22N2O5/c1-24-17(21)13-9-12(10-15(11-13)19(22)23)16(20)18-14-7-5-3-2-4-6-8-14/h9-11,14H,2-8H2,1H3,(H,18,20). The SMILES string of the molecule is COC(=O)c1cc(C(=O)NC2CCCCCCC2)cc([N+](=O)[O-])c1. The van der Waals surface area contributed by atoms with Crippen LogP contribution >= 0.6 is 0 Å². The lowest BCUT2D eigenvalue weighted by Crippen LogP contribution is -2.35. The molecule has 1 aromatic carbocycles. The van der Waals surface area contributed by atoms with Gasteiger partial charge in [-0.15, -0.1) is 0 Å². The van der Waals surface area contributed by atoms with Crippen LogP contribution in [-0.4, -0.2) is 30.0 Å². The number of hydrogen-bond donors (Lipinski definition) is 1. The van der Waals surface area contributed by atoms with Crippen molar-refractivity contribution >= 4 is 17.6 Å². The molecule has 0 aromatic heterocycles. The molecule has 1 aliphatic rings. The number of carbonyl (C=O) groups excluding carboxylic acids is 2. The molecule has 1 N–H and O–H groups in total. The first-order valence-electron chi connectivity index (χ1n) is 8.20. The van der Waals surface area contributed by atoms with E-state index in [2.05, 4.69) is 10.1 Å². The van der Waals surface area contributed by atoms with Crippen molar-refractivity contribution in [1.29, 1.82) is 0 Å². The molecule has 0 spiro atoms. The highest BCUT2D eigenvalue weighted by molar-refractivity contribution is 5.99. The van der Waals surface area contributed by atoms with E-state index in [-0.39, 0.29) is 22.9 Å². The number of nitro groups is 1.